The Kier molecular flexibility index (Phi) is 3.31. The molecule has 0 saturated heterocycles. The summed E-state index contributed by atoms with van der Waals surface area (Å²) in [6.07, 6.45) is -1.10. The summed E-state index contributed by atoms with van der Waals surface area (Å²) in [5, 5.41) is 9.16. The summed E-state index contributed by atoms with van der Waals surface area (Å²) in [5.41, 5.74) is 0. The van der Waals surface area contributed by atoms with Crippen LogP contribution >= 0.6 is 22.0 Å². The van der Waals surface area contributed by atoms with E-state index in [-0.39, 0.29) is 4.21 Å². The van der Waals surface area contributed by atoms with E-state index < -0.39 is 15.3 Å². The van der Waals surface area contributed by atoms with Gasteiger partial charge in [0.25, 0.3) is 9.05 Å². The normalized spacial score (nSPS) is 14.4. The lowest BCUT2D eigenvalue weighted by Gasteiger charge is -2.03. The predicted molar refractivity (Wildman–Crippen MR) is 49.3 cm³/mol. The maximum atomic E-state index is 10.8. The summed E-state index contributed by atoms with van der Waals surface area (Å²) >= 11 is 0.878. The summed E-state index contributed by atoms with van der Waals surface area (Å²) < 4.78 is 26.2. The van der Waals surface area contributed by atoms with Gasteiger partial charge >= 0.3 is 0 Å². The standard InChI is InChI=1S/C6H7ClO4S2/c1-11-6(8)4-2-3-5(12-4)13(7,9)10/h2-3,6,8H,1H3. The Bertz CT molecular complexity index is 383. The van der Waals surface area contributed by atoms with Crippen LogP contribution in [0.5, 0.6) is 0 Å². The second-order valence-corrected chi connectivity index (χ2v) is 6.09. The van der Waals surface area contributed by atoms with Crippen LogP contribution in [0.25, 0.3) is 0 Å². The number of aliphatic hydroxyl groups excluding tert-OH is 1. The first-order valence-corrected chi connectivity index (χ1v) is 6.33. The summed E-state index contributed by atoms with van der Waals surface area (Å²) in [6, 6.07) is 2.78. The first kappa shape index (κ1) is 10.9. The van der Waals surface area contributed by atoms with Gasteiger partial charge in [0.1, 0.15) is 4.21 Å². The van der Waals surface area contributed by atoms with Crippen molar-refractivity contribution in [1.82, 2.24) is 0 Å². The first-order chi connectivity index (χ1) is 5.95. The molecular weight excluding hydrogens is 236 g/mol. The molecule has 1 unspecified atom stereocenters. The largest absolute Gasteiger partial charge is 0.364 e. The van der Waals surface area contributed by atoms with Gasteiger partial charge in [0.15, 0.2) is 6.29 Å². The maximum absolute atomic E-state index is 10.8. The smallest absolute Gasteiger partial charge is 0.270 e. The van der Waals surface area contributed by atoms with Gasteiger partial charge in [-0.2, -0.15) is 0 Å². The highest BCUT2D eigenvalue weighted by atomic mass is 35.7. The summed E-state index contributed by atoms with van der Waals surface area (Å²) in [7, 11) is 2.70. The number of hydrogen-bond acceptors (Lipinski definition) is 5. The van der Waals surface area contributed by atoms with Gasteiger partial charge in [-0.3, -0.25) is 0 Å². The Morgan fingerprint density at radius 3 is 2.62 bits per heavy atom. The third kappa shape index (κ3) is 2.65. The van der Waals surface area contributed by atoms with Crippen molar-refractivity contribution in [3.05, 3.63) is 17.0 Å². The van der Waals surface area contributed by atoms with E-state index in [1.807, 2.05) is 0 Å². The molecule has 4 nitrogen and oxygen atoms in total. The van der Waals surface area contributed by atoms with Crippen molar-refractivity contribution in [3.8, 4) is 0 Å². The molecule has 0 saturated carbocycles. The van der Waals surface area contributed by atoms with Crippen LogP contribution in [0.15, 0.2) is 16.3 Å². The second kappa shape index (κ2) is 3.93. The van der Waals surface area contributed by atoms with Gasteiger partial charge in [-0.25, -0.2) is 8.42 Å². The van der Waals surface area contributed by atoms with E-state index in [4.69, 9.17) is 15.8 Å². The van der Waals surface area contributed by atoms with Gasteiger partial charge < -0.3 is 9.84 Å². The van der Waals surface area contributed by atoms with E-state index in [0.717, 1.165) is 11.3 Å². The molecule has 1 rings (SSSR count). The molecule has 1 heterocycles. The van der Waals surface area contributed by atoms with Crippen LogP contribution < -0.4 is 0 Å². The Balaban J connectivity index is 3.00. The molecule has 0 amide bonds. The van der Waals surface area contributed by atoms with Crippen LogP contribution in [0, 0.1) is 0 Å². The fourth-order valence-electron chi connectivity index (χ4n) is 0.714. The number of aliphatic hydroxyl groups is 1. The number of ether oxygens (including phenoxy) is 1. The minimum Gasteiger partial charge on any atom is -0.364 e. The molecule has 1 aromatic rings. The monoisotopic (exact) mass is 242 g/mol. The lowest BCUT2D eigenvalue weighted by Crippen LogP contribution is -1.95. The molecule has 74 valence electrons. The van der Waals surface area contributed by atoms with Gasteiger partial charge in [-0.1, -0.05) is 0 Å². The predicted octanol–water partition coefficient (Wildman–Crippen LogP) is 1.31. The lowest BCUT2D eigenvalue weighted by molar-refractivity contribution is -0.0743. The highest BCUT2D eigenvalue weighted by molar-refractivity contribution is 8.15. The van der Waals surface area contributed by atoms with Crippen LogP contribution in [0.2, 0.25) is 0 Å². The highest BCUT2D eigenvalue weighted by Gasteiger charge is 2.16. The molecule has 0 spiro atoms. The van der Waals surface area contributed by atoms with Crippen LogP contribution in [-0.2, 0) is 13.8 Å². The second-order valence-electron chi connectivity index (χ2n) is 2.18. The Morgan fingerprint density at radius 2 is 2.23 bits per heavy atom. The van der Waals surface area contributed by atoms with Crippen molar-refractivity contribution in [3.63, 3.8) is 0 Å². The molecule has 0 aliphatic carbocycles. The lowest BCUT2D eigenvalue weighted by atomic mass is 10.5. The highest BCUT2D eigenvalue weighted by Crippen LogP contribution is 2.28. The minimum atomic E-state index is -3.70. The molecule has 1 aromatic heterocycles. The molecule has 0 fully saturated rings. The average molecular weight is 243 g/mol. The third-order valence-corrected chi connectivity index (χ3v) is 4.52. The van der Waals surface area contributed by atoms with Gasteiger partial charge in [0.05, 0.1) is 4.88 Å². The SMILES string of the molecule is COC(O)c1ccc(S(=O)(=O)Cl)s1. The average Bonchev–Trinajstić information content (AvgIpc) is 2.50. The molecule has 1 N–H and O–H groups in total. The summed E-state index contributed by atoms with van der Waals surface area (Å²) in [4.78, 5) is 0.404. The Morgan fingerprint density at radius 1 is 1.62 bits per heavy atom. The van der Waals surface area contributed by atoms with E-state index in [2.05, 4.69) is 4.74 Å². The number of hydrogen-bond donors (Lipinski definition) is 1. The number of rotatable bonds is 3. The molecule has 0 aromatic carbocycles. The van der Waals surface area contributed by atoms with E-state index in [0.29, 0.717) is 4.88 Å². The van der Waals surface area contributed by atoms with Crippen molar-refractivity contribution < 1.29 is 18.3 Å². The van der Waals surface area contributed by atoms with E-state index >= 15 is 0 Å². The van der Waals surface area contributed by atoms with Crippen molar-refractivity contribution in [2.45, 2.75) is 10.5 Å². The molecule has 0 radical (unpaired) electrons. The fraction of sp³-hybridized carbons (Fsp3) is 0.333. The maximum Gasteiger partial charge on any atom is 0.270 e. The zero-order valence-corrected chi connectivity index (χ0v) is 8.99. The number of thiophene rings is 1. The van der Waals surface area contributed by atoms with Crippen molar-refractivity contribution >= 4 is 31.1 Å². The van der Waals surface area contributed by atoms with Crippen LogP contribution in [0.4, 0.5) is 0 Å². The van der Waals surface area contributed by atoms with E-state index in [1.165, 1.54) is 19.2 Å². The molecule has 0 aliphatic heterocycles. The summed E-state index contributed by atoms with van der Waals surface area (Å²) in [5.74, 6) is 0. The molecule has 13 heavy (non-hydrogen) atoms. The Hall–Kier alpha value is -0.140. The third-order valence-electron chi connectivity index (χ3n) is 1.31. The first-order valence-electron chi connectivity index (χ1n) is 3.20. The van der Waals surface area contributed by atoms with Gasteiger partial charge in [-0.05, 0) is 12.1 Å². The van der Waals surface area contributed by atoms with Crippen LogP contribution in [-0.4, -0.2) is 20.6 Å². The molecule has 0 bridgehead atoms. The molecule has 1 atom stereocenters. The number of methoxy groups -OCH3 is 1. The number of halogens is 1. The zero-order valence-electron chi connectivity index (χ0n) is 6.60. The minimum absolute atomic E-state index is 0.000247. The van der Waals surface area contributed by atoms with E-state index in [1.54, 1.807) is 0 Å². The topological polar surface area (TPSA) is 63.6 Å². The quantitative estimate of drug-likeness (QED) is 0.641. The zero-order chi connectivity index (χ0) is 10.1. The van der Waals surface area contributed by atoms with E-state index in [9.17, 15) is 8.42 Å². The van der Waals surface area contributed by atoms with Crippen molar-refractivity contribution in [2.24, 2.45) is 0 Å². The van der Waals surface area contributed by atoms with Gasteiger partial charge in [0, 0.05) is 17.8 Å². The van der Waals surface area contributed by atoms with Gasteiger partial charge in [-0.15, -0.1) is 11.3 Å². The molecular formula is C6H7ClO4S2. The van der Waals surface area contributed by atoms with Crippen molar-refractivity contribution in [2.75, 3.05) is 7.11 Å². The fourth-order valence-corrected chi connectivity index (χ4v) is 2.77. The van der Waals surface area contributed by atoms with Crippen LogP contribution in [0.1, 0.15) is 11.2 Å². The molecule has 7 heteroatoms. The van der Waals surface area contributed by atoms with Crippen molar-refractivity contribution in [1.29, 1.82) is 0 Å². The summed E-state index contributed by atoms with van der Waals surface area (Å²) in [6.45, 7) is 0. The Labute approximate surface area is 84.1 Å². The van der Waals surface area contributed by atoms with Crippen LogP contribution in [0.3, 0.4) is 0 Å². The van der Waals surface area contributed by atoms with Gasteiger partial charge in [0.2, 0.25) is 0 Å². The molecule has 0 aliphatic rings.